The van der Waals surface area contributed by atoms with E-state index < -0.39 is 5.60 Å². The molecule has 0 fully saturated rings. The van der Waals surface area contributed by atoms with Gasteiger partial charge in [0.2, 0.25) is 0 Å². The normalized spacial score (nSPS) is 22.8. The minimum Gasteiger partial charge on any atom is -0.389 e. The predicted octanol–water partition coefficient (Wildman–Crippen LogP) is 1.88. The van der Waals surface area contributed by atoms with Crippen molar-refractivity contribution in [2.45, 2.75) is 31.3 Å². The van der Waals surface area contributed by atoms with E-state index in [1.165, 1.54) is 11.1 Å². The predicted molar refractivity (Wildman–Crippen MR) is 70.3 cm³/mol. The fraction of sp³-hybridized carbons (Fsp3) is 0.400. The first-order chi connectivity index (χ1) is 8.65. The van der Waals surface area contributed by atoms with Gasteiger partial charge in [-0.1, -0.05) is 24.3 Å². The molecule has 1 aliphatic carbocycles. The van der Waals surface area contributed by atoms with Crippen LogP contribution in [-0.2, 0) is 26.3 Å². The van der Waals surface area contributed by atoms with Gasteiger partial charge in [0.15, 0.2) is 0 Å². The Kier molecular flexibility index (Phi) is 2.71. The lowest BCUT2D eigenvalue weighted by Gasteiger charge is -2.33. The van der Waals surface area contributed by atoms with E-state index in [2.05, 4.69) is 29.4 Å². The van der Waals surface area contributed by atoms with Crippen LogP contribution in [0.1, 0.15) is 23.1 Å². The second-order valence-electron chi connectivity index (χ2n) is 5.37. The Morgan fingerprint density at radius 2 is 2.11 bits per heavy atom. The van der Waals surface area contributed by atoms with Crippen molar-refractivity contribution in [3.05, 3.63) is 53.3 Å². The highest BCUT2D eigenvalue weighted by atomic mass is 16.3. The van der Waals surface area contributed by atoms with Crippen LogP contribution in [0.15, 0.2) is 36.7 Å². The number of rotatable bonds is 2. The molecule has 0 radical (unpaired) electrons. The highest BCUT2D eigenvalue weighted by molar-refractivity contribution is 5.32. The number of benzene rings is 1. The first kappa shape index (κ1) is 11.5. The summed E-state index contributed by atoms with van der Waals surface area (Å²) < 4.78 is 1.79. The van der Waals surface area contributed by atoms with Crippen molar-refractivity contribution in [2.24, 2.45) is 7.05 Å². The Hall–Kier alpha value is -1.61. The van der Waals surface area contributed by atoms with E-state index in [0.29, 0.717) is 6.42 Å². The molecule has 3 rings (SSSR count). The summed E-state index contributed by atoms with van der Waals surface area (Å²) in [5.74, 6) is 0. The van der Waals surface area contributed by atoms with Gasteiger partial charge in [-0.15, -0.1) is 0 Å². The zero-order valence-corrected chi connectivity index (χ0v) is 10.6. The zero-order valence-electron chi connectivity index (χ0n) is 10.6. The van der Waals surface area contributed by atoms with Gasteiger partial charge >= 0.3 is 0 Å². The van der Waals surface area contributed by atoms with E-state index in [1.54, 1.807) is 4.68 Å². The molecule has 0 bridgehead atoms. The molecule has 1 unspecified atom stereocenters. The van der Waals surface area contributed by atoms with Crippen LogP contribution in [0.2, 0.25) is 0 Å². The molecular formula is C15H18N2O. The van der Waals surface area contributed by atoms with Gasteiger partial charge in [0.05, 0.1) is 11.8 Å². The second kappa shape index (κ2) is 4.25. The fourth-order valence-electron chi connectivity index (χ4n) is 2.88. The Balaban J connectivity index is 1.81. The molecule has 1 atom stereocenters. The van der Waals surface area contributed by atoms with E-state index in [0.717, 1.165) is 24.8 Å². The molecule has 0 saturated heterocycles. The minimum atomic E-state index is -0.614. The van der Waals surface area contributed by atoms with Gasteiger partial charge in [0.1, 0.15) is 0 Å². The fourth-order valence-corrected chi connectivity index (χ4v) is 2.88. The maximum absolute atomic E-state index is 10.7. The number of hydrogen-bond acceptors (Lipinski definition) is 2. The molecule has 3 nitrogen and oxygen atoms in total. The van der Waals surface area contributed by atoms with Gasteiger partial charge in [0, 0.05) is 26.1 Å². The largest absolute Gasteiger partial charge is 0.389 e. The molecule has 1 aromatic heterocycles. The summed E-state index contributed by atoms with van der Waals surface area (Å²) in [7, 11) is 1.91. The third-order valence-corrected chi connectivity index (χ3v) is 3.79. The van der Waals surface area contributed by atoms with E-state index in [-0.39, 0.29) is 0 Å². The number of aromatic nitrogens is 2. The first-order valence-corrected chi connectivity index (χ1v) is 6.41. The molecule has 0 aliphatic heterocycles. The van der Waals surface area contributed by atoms with Crippen LogP contribution in [-0.4, -0.2) is 20.5 Å². The lowest BCUT2D eigenvalue weighted by molar-refractivity contribution is 0.0267. The average molecular weight is 242 g/mol. The molecule has 0 saturated carbocycles. The monoisotopic (exact) mass is 242 g/mol. The number of nitrogens with zero attached hydrogens (tertiary/aromatic N) is 2. The van der Waals surface area contributed by atoms with Crippen LogP contribution >= 0.6 is 0 Å². The summed E-state index contributed by atoms with van der Waals surface area (Å²) in [4.78, 5) is 0. The number of aliphatic hydroxyl groups is 1. The summed E-state index contributed by atoms with van der Waals surface area (Å²) in [6.07, 6.45) is 7.07. The molecule has 18 heavy (non-hydrogen) atoms. The average Bonchev–Trinajstić information content (AvgIpc) is 2.74. The third kappa shape index (κ3) is 2.18. The quantitative estimate of drug-likeness (QED) is 0.873. The van der Waals surface area contributed by atoms with Gasteiger partial charge in [-0.3, -0.25) is 4.68 Å². The topological polar surface area (TPSA) is 38.0 Å². The van der Waals surface area contributed by atoms with Gasteiger partial charge in [-0.25, -0.2) is 0 Å². The molecule has 1 aliphatic rings. The lowest BCUT2D eigenvalue weighted by atomic mass is 9.77. The van der Waals surface area contributed by atoms with Crippen molar-refractivity contribution in [1.82, 2.24) is 9.78 Å². The molecular weight excluding hydrogens is 224 g/mol. The molecule has 2 aromatic rings. The summed E-state index contributed by atoms with van der Waals surface area (Å²) in [6.45, 7) is 0. The summed E-state index contributed by atoms with van der Waals surface area (Å²) in [6, 6.07) is 8.42. The molecule has 0 spiro atoms. The molecule has 0 amide bonds. The van der Waals surface area contributed by atoms with E-state index >= 15 is 0 Å². The Morgan fingerprint density at radius 3 is 2.83 bits per heavy atom. The van der Waals surface area contributed by atoms with Gasteiger partial charge in [0.25, 0.3) is 0 Å². The molecule has 1 heterocycles. The smallest absolute Gasteiger partial charge is 0.0732 e. The maximum atomic E-state index is 10.7. The van der Waals surface area contributed by atoms with Crippen molar-refractivity contribution in [3.63, 3.8) is 0 Å². The highest BCUT2D eigenvalue weighted by Crippen LogP contribution is 2.31. The van der Waals surface area contributed by atoms with Gasteiger partial charge in [-0.2, -0.15) is 5.10 Å². The lowest BCUT2D eigenvalue weighted by Crippen LogP contribution is -2.37. The van der Waals surface area contributed by atoms with Gasteiger partial charge < -0.3 is 5.11 Å². The van der Waals surface area contributed by atoms with E-state index in [1.807, 2.05) is 19.4 Å². The summed E-state index contributed by atoms with van der Waals surface area (Å²) in [5.41, 5.74) is 3.17. The Morgan fingerprint density at radius 1 is 1.33 bits per heavy atom. The SMILES string of the molecule is Cn1cc(CC2(O)CCc3ccccc3C2)cn1. The Labute approximate surface area is 107 Å². The number of aryl methyl sites for hydroxylation is 2. The standard InChI is InChI=1S/C15H18N2O/c1-17-11-12(10-16-17)8-15(18)7-6-13-4-2-3-5-14(13)9-15/h2-5,10-11,18H,6-9H2,1H3. The number of fused-ring (bicyclic) bond motifs is 1. The van der Waals surface area contributed by atoms with Crippen LogP contribution in [0.5, 0.6) is 0 Å². The van der Waals surface area contributed by atoms with Crippen molar-refractivity contribution in [2.75, 3.05) is 0 Å². The van der Waals surface area contributed by atoms with E-state index in [9.17, 15) is 5.11 Å². The molecule has 1 aromatic carbocycles. The van der Waals surface area contributed by atoms with Crippen LogP contribution in [0.25, 0.3) is 0 Å². The molecule has 3 heteroatoms. The van der Waals surface area contributed by atoms with Gasteiger partial charge in [-0.05, 0) is 29.5 Å². The van der Waals surface area contributed by atoms with Crippen LogP contribution in [0.4, 0.5) is 0 Å². The van der Waals surface area contributed by atoms with E-state index in [4.69, 9.17) is 0 Å². The minimum absolute atomic E-state index is 0.614. The van der Waals surface area contributed by atoms with Crippen LogP contribution in [0.3, 0.4) is 0 Å². The third-order valence-electron chi connectivity index (χ3n) is 3.79. The van der Waals surface area contributed by atoms with Crippen LogP contribution < -0.4 is 0 Å². The summed E-state index contributed by atoms with van der Waals surface area (Å²) >= 11 is 0. The van der Waals surface area contributed by atoms with Crippen molar-refractivity contribution < 1.29 is 5.11 Å². The zero-order chi connectivity index (χ0) is 12.6. The van der Waals surface area contributed by atoms with Crippen molar-refractivity contribution >= 4 is 0 Å². The highest BCUT2D eigenvalue weighted by Gasteiger charge is 2.32. The Bertz CT molecular complexity index is 561. The molecule has 1 N–H and O–H groups in total. The summed E-state index contributed by atoms with van der Waals surface area (Å²) in [5, 5.41) is 14.9. The first-order valence-electron chi connectivity index (χ1n) is 6.41. The van der Waals surface area contributed by atoms with Crippen LogP contribution in [0, 0.1) is 0 Å². The number of hydrogen-bond donors (Lipinski definition) is 1. The van der Waals surface area contributed by atoms with Crippen molar-refractivity contribution in [3.8, 4) is 0 Å². The molecule has 94 valence electrons. The second-order valence-corrected chi connectivity index (χ2v) is 5.37. The maximum Gasteiger partial charge on any atom is 0.0732 e. The van der Waals surface area contributed by atoms with Crippen molar-refractivity contribution in [1.29, 1.82) is 0 Å².